The Morgan fingerprint density at radius 3 is 2.16 bits per heavy atom. The maximum atomic E-state index is 11.8. The van der Waals surface area contributed by atoms with E-state index in [1.54, 1.807) is 24.3 Å². The number of unbranched alkanes of at least 4 members (excludes halogenated alkanes) is 1. The zero-order valence-electron chi connectivity index (χ0n) is 13.8. The van der Waals surface area contributed by atoms with Crippen LogP contribution in [0.5, 0.6) is 0 Å². The minimum Gasteiger partial charge on any atom is -0.444 e. The number of carbonyl (C=O) groups is 2. The molecule has 25 heavy (non-hydrogen) atoms. The van der Waals surface area contributed by atoms with Crippen molar-refractivity contribution in [3.63, 3.8) is 0 Å². The monoisotopic (exact) mass is 404 g/mol. The molecule has 0 saturated carbocycles. The minimum atomic E-state index is -0.518. The maximum absolute atomic E-state index is 11.8. The average molecular weight is 405 g/mol. The van der Waals surface area contributed by atoms with Gasteiger partial charge in [0.25, 0.3) is 0 Å². The van der Waals surface area contributed by atoms with Crippen molar-refractivity contribution in [1.29, 1.82) is 0 Å². The second-order valence-electron chi connectivity index (χ2n) is 5.46. The van der Waals surface area contributed by atoms with Gasteiger partial charge in [0, 0.05) is 23.1 Å². The molecule has 0 aromatic heterocycles. The molecule has 0 radical (unpaired) electrons. The summed E-state index contributed by atoms with van der Waals surface area (Å²) in [6.07, 6.45) is 1.80. The summed E-state index contributed by atoms with van der Waals surface area (Å²) in [5.41, 5.74) is 2.23. The predicted octanol–water partition coefficient (Wildman–Crippen LogP) is 4.94. The lowest BCUT2D eigenvalue weighted by Crippen LogP contribution is -2.14. The Morgan fingerprint density at radius 2 is 1.52 bits per heavy atom. The van der Waals surface area contributed by atoms with E-state index in [1.165, 1.54) is 0 Å². The van der Waals surface area contributed by atoms with Crippen LogP contribution in [0, 0.1) is 0 Å². The highest BCUT2D eigenvalue weighted by atomic mass is 79.9. The lowest BCUT2D eigenvalue weighted by molar-refractivity contribution is -0.116. The number of alkyl halides is 1. The normalized spacial score (nSPS) is 10.1. The topological polar surface area (TPSA) is 67.4 Å². The van der Waals surface area contributed by atoms with E-state index in [0.717, 1.165) is 23.7 Å². The smallest absolute Gasteiger partial charge is 0.411 e. The molecule has 0 fully saturated rings. The van der Waals surface area contributed by atoms with Crippen molar-refractivity contribution in [1.82, 2.24) is 0 Å². The fourth-order valence-electron chi connectivity index (χ4n) is 2.12. The van der Waals surface area contributed by atoms with Crippen molar-refractivity contribution in [2.24, 2.45) is 0 Å². The zero-order valence-corrected chi connectivity index (χ0v) is 15.4. The van der Waals surface area contributed by atoms with Crippen molar-refractivity contribution in [2.75, 3.05) is 16.0 Å². The van der Waals surface area contributed by atoms with Crippen molar-refractivity contribution < 1.29 is 14.3 Å². The van der Waals surface area contributed by atoms with Crippen LogP contribution in [0.25, 0.3) is 0 Å². The SMILES string of the molecule is O=C(CCCCBr)Nc1ccc(NC(=O)OCc2ccccc2)cc1. The van der Waals surface area contributed by atoms with Crippen molar-refractivity contribution >= 4 is 39.3 Å². The third kappa shape index (κ3) is 7.39. The highest BCUT2D eigenvalue weighted by Gasteiger charge is 2.05. The van der Waals surface area contributed by atoms with Crippen LogP contribution in [0.1, 0.15) is 24.8 Å². The first-order valence-corrected chi connectivity index (χ1v) is 9.23. The third-order valence-electron chi connectivity index (χ3n) is 3.42. The molecule has 2 rings (SSSR count). The van der Waals surface area contributed by atoms with Gasteiger partial charge in [-0.25, -0.2) is 4.79 Å². The molecule has 132 valence electrons. The summed E-state index contributed by atoms with van der Waals surface area (Å²) in [5.74, 6) is -0.0102. The summed E-state index contributed by atoms with van der Waals surface area (Å²) in [5, 5.41) is 6.39. The first-order chi connectivity index (χ1) is 12.2. The van der Waals surface area contributed by atoms with Crippen LogP contribution >= 0.6 is 15.9 Å². The Hall–Kier alpha value is -2.34. The summed E-state index contributed by atoms with van der Waals surface area (Å²) in [4.78, 5) is 23.5. The number of rotatable bonds is 8. The minimum absolute atomic E-state index is 0.0102. The molecular formula is C19H21BrN2O3. The number of carbonyl (C=O) groups excluding carboxylic acids is 2. The zero-order chi connectivity index (χ0) is 17.9. The van der Waals surface area contributed by atoms with Crippen LogP contribution in [0.15, 0.2) is 54.6 Å². The number of hydrogen-bond donors (Lipinski definition) is 2. The second kappa shape index (κ2) is 10.5. The molecule has 2 aromatic carbocycles. The molecule has 6 heteroatoms. The molecule has 0 aliphatic rings. The number of ether oxygens (including phenoxy) is 1. The van der Waals surface area contributed by atoms with Gasteiger partial charge in [-0.3, -0.25) is 10.1 Å². The Labute approximate surface area is 155 Å². The molecule has 0 bridgehead atoms. The molecular weight excluding hydrogens is 384 g/mol. The van der Waals surface area contributed by atoms with Gasteiger partial charge in [-0.05, 0) is 42.7 Å². The van der Waals surface area contributed by atoms with E-state index < -0.39 is 6.09 Å². The van der Waals surface area contributed by atoms with E-state index in [-0.39, 0.29) is 12.5 Å². The Morgan fingerprint density at radius 1 is 0.880 bits per heavy atom. The van der Waals surface area contributed by atoms with Gasteiger partial charge in [0.1, 0.15) is 6.61 Å². The van der Waals surface area contributed by atoms with Crippen LogP contribution in [0.3, 0.4) is 0 Å². The molecule has 2 aromatic rings. The van der Waals surface area contributed by atoms with Gasteiger partial charge in [0.2, 0.25) is 5.91 Å². The summed E-state index contributed by atoms with van der Waals surface area (Å²) in [6.45, 7) is 0.217. The summed E-state index contributed by atoms with van der Waals surface area (Å²) in [7, 11) is 0. The van der Waals surface area contributed by atoms with Gasteiger partial charge in [0.15, 0.2) is 0 Å². The average Bonchev–Trinajstić information content (AvgIpc) is 2.63. The second-order valence-corrected chi connectivity index (χ2v) is 6.25. The van der Waals surface area contributed by atoms with Crippen molar-refractivity contribution in [3.8, 4) is 0 Å². The van der Waals surface area contributed by atoms with Crippen LogP contribution < -0.4 is 10.6 Å². The fraction of sp³-hybridized carbons (Fsp3) is 0.263. The standard InChI is InChI=1S/C19H21BrN2O3/c20-13-5-4-8-18(23)21-16-9-11-17(12-10-16)22-19(24)25-14-15-6-2-1-3-7-15/h1-3,6-7,9-12H,4-5,8,13-14H2,(H,21,23)(H,22,24). The van der Waals surface area contributed by atoms with Crippen molar-refractivity contribution in [3.05, 3.63) is 60.2 Å². The van der Waals surface area contributed by atoms with E-state index in [9.17, 15) is 9.59 Å². The molecule has 0 heterocycles. The van der Waals surface area contributed by atoms with E-state index in [1.807, 2.05) is 30.3 Å². The molecule has 0 unspecified atom stereocenters. The number of amides is 2. The summed E-state index contributed by atoms with van der Waals surface area (Å²) >= 11 is 3.34. The van der Waals surface area contributed by atoms with Gasteiger partial charge in [-0.1, -0.05) is 46.3 Å². The largest absolute Gasteiger partial charge is 0.444 e. The highest BCUT2D eigenvalue weighted by molar-refractivity contribution is 9.09. The van der Waals surface area contributed by atoms with Crippen LogP contribution in [0.2, 0.25) is 0 Å². The van der Waals surface area contributed by atoms with Crippen LogP contribution in [-0.2, 0) is 16.1 Å². The van der Waals surface area contributed by atoms with Gasteiger partial charge in [-0.2, -0.15) is 0 Å². The summed E-state index contributed by atoms with van der Waals surface area (Å²) in [6, 6.07) is 16.4. The molecule has 5 nitrogen and oxygen atoms in total. The van der Waals surface area contributed by atoms with E-state index in [4.69, 9.17) is 4.74 Å². The quantitative estimate of drug-likeness (QED) is 0.483. The summed E-state index contributed by atoms with van der Waals surface area (Å²) < 4.78 is 5.16. The number of nitrogens with one attached hydrogen (secondary N) is 2. The number of halogens is 1. The van der Waals surface area contributed by atoms with Gasteiger partial charge >= 0.3 is 6.09 Å². The molecule has 2 N–H and O–H groups in total. The maximum Gasteiger partial charge on any atom is 0.411 e. The molecule has 0 spiro atoms. The fourth-order valence-corrected chi connectivity index (χ4v) is 2.51. The van der Waals surface area contributed by atoms with E-state index in [2.05, 4.69) is 26.6 Å². The molecule has 0 aliphatic heterocycles. The van der Waals surface area contributed by atoms with Gasteiger partial charge in [0.05, 0.1) is 0 Å². The highest BCUT2D eigenvalue weighted by Crippen LogP contribution is 2.15. The molecule has 0 atom stereocenters. The number of hydrogen-bond acceptors (Lipinski definition) is 3. The van der Waals surface area contributed by atoms with Gasteiger partial charge < -0.3 is 10.1 Å². The molecule has 2 amide bonds. The molecule has 0 saturated heterocycles. The Bertz CT molecular complexity index is 675. The van der Waals surface area contributed by atoms with Crippen LogP contribution in [0.4, 0.5) is 16.2 Å². The van der Waals surface area contributed by atoms with Crippen molar-refractivity contribution in [2.45, 2.75) is 25.9 Å². The first kappa shape index (κ1) is 19.0. The number of anilines is 2. The Balaban J connectivity index is 1.75. The van der Waals surface area contributed by atoms with Gasteiger partial charge in [-0.15, -0.1) is 0 Å². The third-order valence-corrected chi connectivity index (χ3v) is 3.98. The lowest BCUT2D eigenvalue weighted by atomic mass is 10.2. The lowest BCUT2D eigenvalue weighted by Gasteiger charge is -2.09. The predicted molar refractivity (Wildman–Crippen MR) is 103 cm³/mol. The first-order valence-electron chi connectivity index (χ1n) is 8.11. The Kier molecular flexibility index (Phi) is 7.98. The number of benzene rings is 2. The van der Waals surface area contributed by atoms with Crippen LogP contribution in [-0.4, -0.2) is 17.3 Å². The van der Waals surface area contributed by atoms with E-state index in [0.29, 0.717) is 17.8 Å². The van der Waals surface area contributed by atoms with E-state index >= 15 is 0 Å². The molecule has 0 aliphatic carbocycles.